The Bertz CT molecular complexity index is 458. The maximum absolute atomic E-state index is 11.7. The lowest BCUT2D eigenvalue weighted by Gasteiger charge is -2.03. The number of carbonyl (C=O) groups is 1. The van der Waals surface area contributed by atoms with E-state index >= 15 is 0 Å². The van der Waals surface area contributed by atoms with Crippen molar-refractivity contribution in [2.45, 2.75) is 40.0 Å². The van der Waals surface area contributed by atoms with Crippen LogP contribution in [0.2, 0.25) is 0 Å². The van der Waals surface area contributed by atoms with Gasteiger partial charge in [-0.3, -0.25) is 4.79 Å². The minimum atomic E-state index is -0.231. The van der Waals surface area contributed by atoms with Gasteiger partial charge in [0.15, 0.2) is 0 Å². The first-order valence-corrected chi connectivity index (χ1v) is 7.20. The highest BCUT2D eigenvalue weighted by Gasteiger charge is 2.02. The fourth-order valence-electron chi connectivity index (χ4n) is 1.87. The van der Waals surface area contributed by atoms with E-state index in [1.807, 2.05) is 43.3 Å². The number of benzene rings is 1. The quantitative estimate of drug-likeness (QED) is 0.409. The van der Waals surface area contributed by atoms with E-state index in [1.54, 1.807) is 0 Å². The molecular formula is C18H24O2. The van der Waals surface area contributed by atoms with E-state index in [9.17, 15) is 4.79 Å². The maximum atomic E-state index is 11.7. The minimum Gasteiger partial charge on any atom is -0.434 e. The molecule has 0 aliphatic carbocycles. The van der Waals surface area contributed by atoms with Crippen LogP contribution in [0.1, 0.15) is 39.2 Å². The molecule has 0 radical (unpaired) electrons. The fraction of sp³-hybridized carbons (Fsp3) is 0.389. The van der Waals surface area contributed by atoms with E-state index in [2.05, 4.69) is 19.9 Å². The lowest BCUT2D eigenvalue weighted by atomic mass is 10.1. The molecule has 0 heterocycles. The van der Waals surface area contributed by atoms with Crippen molar-refractivity contribution in [3.05, 3.63) is 59.9 Å². The lowest BCUT2D eigenvalue weighted by Crippen LogP contribution is -2.04. The van der Waals surface area contributed by atoms with E-state index in [-0.39, 0.29) is 5.97 Å². The Morgan fingerprint density at radius 1 is 1.30 bits per heavy atom. The summed E-state index contributed by atoms with van der Waals surface area (Å²) in [6, 6.07) is 9.61. The monoisotopic (exact) mass is 272 g/mol. The molecule has 20 heavy (non-hydrogen) atoms. The van der Waals surface area contributed by atoms with Gasteiger partial charge >= 0.3 is 5.97 Å². The van der Waals surface area contributed by atoms with Gasteiger partial charge in [0.2, 0.25) is 0 Å². The molecule has 0 aliphatic rings. The van der Waals surface area contributed by atoms with Gasteiger partial charge in [-0.1, -0.05) is 62.8 Å². The van der Waals surface area contributed by atoms with Gasteiger partial charge in [0.05, 0.1) is 12.7 Å². The molecule has 1 aromatic carbocycles. The Balaban J connectivity index is 2.40. The fourth-order valence-corrected chi connectivity index (χ4v) is 1.87. The third kappa shape index (κ3) is 6.93. The van der Waals surface area contributed by atoms with E-state index in [4.69, 9.17) is 4.74 Å². The van der Waals surface area contributed by atoms with Crippen LogP contribution in [0.25, 0.3) is 0 Å². The molecule has 1 rings (SSSR count). The molecule has 0 bridgehead atoms. The average molecular weight is 272 g/mol. The average Bonchev–Trinajstić information content (AvgIpc) is 2.44. The highest BCUT2D eigenvalue weighted by atomic mass is 16.5. The molecule has 0 fully saturated rings. The minimum absolute atomic E-state index is 0.231. The number of rotatable bonds is 7. The zero-order chi connectivity index (χ0) is 14.8. The highest BCUT2D eigenvalue weighted by Crippen LogP contribution is 2.08. The number of hydrogen-bond donors (Lipinski definition) is 0. The molecule has 0 aromatic heterocycles. The number of hydrogen-bond acceptors (Lipinski definition) is 2. The molecule has 1 atom stereocenters. The van der Waals surface area contributed by atoms with Crippen LogP contribution in [0.3, 0.4) is 0 Å². The van der Waals surface area contributed by atoms with Gasteiger partial charge in [0, 0.05) is 0 Å². The molecule has 0 spiro atoms. The molecule has 0 amide bonds. The molecule has 0 saturated heterocycles. The molecule has 0 N–H and O–H groups in total. The molecule has 2 heteroatoms. The van der Waals surface area contributed by atoms with Gasteiger partial charge in [0.25, 0.3) is 0 Å². The Morgan fingerprint density at radius 3 is 2.65 bits per heavy atom. The second-order valence-electron chi connectivity index (χ2n) is 5.14. The van der Waals surface area contributed by atoms with Crippen LogP contribution < -0.4 is 0 Å². The zero-order valence-corrected chi connectivity index (χ0v) is 12.6. The van der Waals surface area contributed by atoms with Crippen molar-refractivity contribution in [1.82, 2.24) is 0 Å². The summed E-state index contributed by atoms with van der Waals surface area (Å²) in [4.78, 5) is 11.7. The van der Waals surface area contributed by atoms with Crippen LogP contribution in [-0.4, -0.2) is 5.97 Å². The maximum Gasteiger partial charge on any atom is 0.315 e. The molecule has 1 aromatic rings. The van der Waals surface area contributed by atoms with Crippen LogP contribution in [0, 0.1) is 5.92 Å². The number of esters is 1. The Morgan fingerprint density at radius 2 is 2.00 bits per heavy atom. The molecule has 1 unspecified atom stereocenters. The van der Waals surface area contributed by atoms with E-state index < -0.39 is 0 Å². The Kier molecular flexibility index (Phi) is 7.41. The van der Waals surface area contributed by atoms with E-state index in [0.717, 1.165) is 11.1 Å². The summed E-state index contributed by atoms with van der Waals surface area (Å²) in [7, 11) is 0. The normalized spacial score (nSPS) is 13.4. The van der Waals surface area contributed by atoms with Gasteiger partial charge in [-0.25, -0.2) is 0 Å². The smallest absolute Gasteiger partial charge is 0.315 e. The van der Waals surface area contributed by atoms with Crippen molar-refractivity contribution in [3.63, 3.8) is 0 Å². The highest BCUT2D eigenvalue weighted by molar-refractivity contribution is 5.73. The number of allylic oxidation sites excluding steroid dienone is 3. The largest absolute Gasteiger partial charge is 0.434 e. The summed E-state index contributed by atoms with van der Waals surface area (Å²) in [5.41, 5.74) is 1.92. The summed E-state index contributed by atoms with van der Waals surface area (Å²) in [5.74, 6) is 0.328. The summed E-state index contributed by atoms with van der Waals surface area (Å²) < 4.78 is 5.15. The lowest BCUT2D eigenvalue weighted by molar-refractivity contribution is -0.137. The number of ether oxygens (including phenoxy) is 1. The zero-order valence-electron chi connectivity index (χ0n) is 12.6. The SMILES string of the molecule is CCCC(C)/C=C/C(C)=C/OC(=O)Cc1ccccc1. The summed E-state index contributed by atoms with van der Waals surface area (Å²) in [6.07, 6.45) is 8.36. The van der Waals surface area contributed by atoms with Gasteiger partial charge in [0.1, 0.15) is 0 Å². The van der Waals surface area contributed by atoms with Gasteiger partial charge in [-0.05, 0) is 30.4 Å². The first kappa shape index (κ1) is 16.2. The summed E-state index contributed by atoms with van der Waals surface area (Å²) in [6.45, 7) is 6.30. The summed E-state index contributed by atoms with van der Waals surface area (Å²) in [5, 5.41) is 0. The Hall–Kier alpha value is -1.83. The third-order valence-electron chi connectivity index (χ3n) is 3.00. The summed E-state index contributed by atoms with van der Waals surface area (Å²) >= 11 is 0. The van der Waals surface area contributed by atoms with E-state index in [0.29, 0.717) is 12.3 Å². The molecule has 0 aliphatic heterocycles. The molecule has 0 saturated carbocycles. The topological polar surface area (TPSA) is 26.3 Å². The predicted molar refractivity (Wildman–Crippen MR) is 83.2 cm³/mol. The van der Waals surface area contributed by atoms with Crippen LogP contribution >= 0.6 is 0 Å². The second-order valence-corrected chi connectivity index (χ2v) is 5.14. The van der Waals surface area contributed by atoms with Gasteiger partial charge < -0.3 is 4.74 Å². The van der Waals surface area contributed by atoms with Crippen LogP contribution in [0.15, 0.2) is 54.3 Å². The van der Waals surface area contributed by atoms with Gasteiger partial charge in [-0.15, -0.1) is 0 Å². The number of carbonyl (C=O) groups excluding carboxylic acids is 1. The van der Waals surface area contributed by atoms with Crippen molar-refractivity contribution in [3.8, 4) is 0 Å². The predicted octanol–water partition coefficient (Wildman–Crippen LogP) is 4.67. The molecular weight excluding hydrogens is 248 g/mol. The Labute approximate surface area is 122 Å². The first-order valence-electron chi connectivity index (χ1n) is 7.20. The van der Waals surface area contributed by atoms with Crippen molar-refractivity contribution >= 4 is 5.97 Å². The second kappa shape index (κ2) is 9.13. The van der Waals surface area contributed by atoms with Crippen molar-refractivity contribution in [2.24, 2.45) is 5.92 Å². The van der Waals surface area contributed by atoms with Crippen molar-refractivity contribution in [2.75, 3.05) is 0 Å². The van der Waals surface area contributed by atoms with Crippen molar-refractivity contribution < 1.29 is 9.53 Å². The van der Waals surface area contributed by atoms with Crippen LogP contribution in [0.4, 0.5) is 0 Å². The molecule has 108 valence electrons. The van der Waals surface area contributed by atoms with Crippen LogP contribution in [0.5, 0.6) is 0 Å². The third-order valence-corrected chi connectivity index (χ3v) is 3.00. The van der Waals surface area contributed by atoms with E-state index in [1.165, 1.54) is 19.1 Å². The van der Waals surface area contributed by atoms with Crippen LogP contribution in [-0.2, 0) is 16.0 Å². The standard InChI is InChI=1S/C18H24O2/c1-4-8-15(2)11-12-16(3)14-20-18(19)13-17-9-6-5-7-10-17/h5-7,9-12,14-15H,4,8,13H2,1-3H3/b12-11+,16-14+. The van der Waals surface area contributed by atoms with Gasteiger partial charge in [-0.2, -0.15) is 0 Å². The molecule has 2 nitrogen and oxygen atoms in total. The van der Waals surface area contributed by atoms with Crippen molar-refractivity contribution in [1.29, 1.82) is 0 Å². The first-order chi connectivity index (χ1) is 9.61.